The van der Waals surface area contributed by atoms with Crippen LogP contribution in [0.3, 0.4) is 0 Å². The second kappa shape index (κ2) is 6.70. The first kappa shape index (κ1) is 15.5. The molecule has 20 heavy (non-hydrogen) atoms. The van der Waals surface area contributed by atoms with Gasteiger partial charge in [-0.05, 0) is 58.5 Å². The van der Waals surface area contributed by atoms with Crippen molar-refractivity contribution in [2.45, 2.75) is 38.8 Å². The summed E-state index contributed by atoms with van der Waals surface area (Å²) in [6, 6.07) is 7.70. The fourth-order valence-electron chi connectivity index (χ4n) is 3.41. The van der Waals surface area contributed by atoms with Gasteiger partial charge >= 0.3 is 0 Å². The summed E-state index contributed by atoms with van der Waals surface area (Å²) < 4.78 is 0. The van der Waals surface area contributed by atoms with Crippen molar-refractivity contribution in [3.05, 3.63) is 34.9 Å². The first-order chi connectivity index (χ1) is 9.52. The molecular weight excluding hydrogens is 246 g/mol. The van der Waals surface area contributed by atoms with Crippen LogP contribution in [0.2, 0.25) is 0 Å². The molecule has 0 radical (unpaired) electrons. The van der Waals surface area contributed by atoms with Crippen molar-refractivity contribution in [2.75, 3.05) is 33.7 Å². The first-order valence-corrected chi connectivity index (χ1v) is 7.70. The summed E-state index contributed by atoms with van der Waals surface area (Å²) >= 11 is 0. The zero-order valence-electron chi connectivity index (χ0n) is 13.4. The predicted octanol–water partition coefficient (Wildman–Crippen LogP) is 2.33. The van der Waals surface area contributed by atoms with E-state index in [0.717, 1.165) is 6.54 Å². The maximum atomic E-state index is 6.07. The van der Waals surface area contributed by atoms with Crippen LogP contribution < -0.4 is 5.73 Å². The molecule has 2 N–H and O–H groups in total. The van der Waals surface area contributed by atoms with E-state index in [0.29, 0.717) is 18.6 Å². The summed E-state index contributed by atoms with van der Waals surface area (Å²) in [6.07, 6.45) is 2.64. The van der Waals surface area contributed by atoms with Gasteiger partial charge in [-0.2, -0.15) is 0 Å². The van der Waals surface area contributed by atoms with E-state index in [4.69, 9.17) is 5.73 Å². The van der Waals surface area contributed by atoms with E-state index in [2.05, 4.69) is 55.9 Å². The second-order valence-electron chi connectivity index (χ2n) is 6.33. The molecule has 1 aromatic rings. The fraction of sp³-hybridized carbons (Fsp3) is 0.647. The summed E-state index contributed by atoms with van der Waals surface area (Å²) in [4.78, 5) is 4.91. The van der Waals surface area contributed by atoms with Crippen molar-refractivity contribution in [2.24, 2.45) is 5.73 Å². The summed E-state index contributed by atoms with van der Waals surface area (Å²) in [6.45, 7) is 7.35. The van der Waals surface area contributed by atoms with Crippen LogP contribution in [0.1, 0.15) is 35.6 Å². The van der Waals surface area contributed by atoms with Crippen molar-refractivity contribution >= 4 is 0 Å². The van der Waals surface area contributed by atoms with Crippen LogP contribution in [0.25, 0.3) is 0 Å². The van der Waals surface area contributed by atoms with E-state index < -0.39 is 0 Å². The quantitative estimate of drug-likeness (QED) is 0.895. The molecule has 1 heterocycles. The second-order valence-corrected chi connectivity index (χ2v) is 6.33. The predicted molar refractivity (Wildman–Crippen MR) is 86.0 cm³/mol. The Hall–Kier alpha value is -0.900. The highest BCUT2D eigenvalue weighted by Gasteiger charge is 2.25. The first-order valence-electron chi connectivity index (χ1n) is 7.70. The third-order valence-corrected chi connectivity index (χ3v) is 4.71. The molecule has 2 rings (SSSR count). The Balaban J connectivity index is 2.10. The van der Waals surface area contributed by atoms with Gasteiger partial charge in [-0.3, -0.25) is 4.90 Å². The smallest absolute Gasteiger partial charge is 0.0470 e. The van der Waals surface area contributed by atoms with E-state index in [1.54, 1.807) is 0 Å². The summed E-state index contributed by atoms with van der Waals surface area (Å²) in [7, 11) is 4.45. The molecule has 2 atom stereocenters. The van der Waals surface area contributed by atoms with Gasteiger partial charge in [0.05, 0.1) is 0 Å². The van der Waals surface area contributed by atoms with Gasteiger partial charge in [0.1, 0.15) is 0 Å². The lowest BCUT2D eigenvalue weighted by molar-refractivity contribution is 0.179. The molecule has 0 amide bonds. The standard InChI is InChI=1S/C17H29N3/c1-13-7-8-16(14(2)10-13)17(11-18)20(4)12-15-6-5-9-19(15)3/h7-8,10,15,17H,5-6,9,11-12,18H2,1-4H3. The van der Waals surface area contributed by atoms with E-state index in [1.807, 2.05) is 0 Å². The molecule has 1 aromatic carbocycles. The SMILES string of the molecule is Cc1ccc(C(CN)N(C)CC2CCCN2C)c(C)c1. The molecule has 0 aliphatic carbocycles. The van der Waals surface area contributed by atoms with Gasteiger partial charge in [0.2, 0.25) is 0 Å². The van der Waals surface area contributed by atoms with Crippen LogP contribution in [0, 0.1) is 13.8 Å². The number of nitrogens with two attached hydrogens (primary N) is 1. The number of likely N-dealkylation sites (N-methyl/N-ethyl adjacent to an activating group) is 2. The number of hydrogen-bond donors (Lipinski definition) is 1. The third-order valence-electron chi connectivity index (χ3n) is 4.71. The average molecular weight is 275 g/mol. The summed E-state index contributed by atoms with van der Waals surface area (Å²) in [5, 5.41) is 0. The molecule has 0 saturated carbocycles. The van der Waals surface area contributed by atoms with Crippen LogP contribution in [0.4, 0.5) is 0 Å². The molecular formula is C17H29N3. The van der Waals surface area contributed by atoms with Crippen LogP contribution in [0.5, 0.6) is 0 Å². The molecule has 1 saturated heterocycles. The minimum absolute atomic E-state index is 0.324. The lowest BCUT2D eigenvalue weighted by Crippen LogP contribution is -2.40. The monoisotopic (exact) mass is 275 g/mol. The minimum atomic E-state index is 0.324. The molecule has 1 aliphatic rings. The van der Waals surface area contributed by atoms with Gasteiger partial charge in [-0.25, -0.2) is 0 Å². The topological polar surface area (TPSA) is 32.5 Å². The molecule has 0 bridgehead atoms. The molecule has 112 valence electrons. The lowest BCUT2D eigenvalue weighted by Gasteiger charge is -2.32. The molecule has 1 aliphatic heterocycles. The molecule has 0 spiro atoms. The number of nitrogens with zero attached hydrogens (tertiary/aromatic N) is 2. The number of rotatable bonds is 5. The van der Waals surface area contributed by atoms with Crippen LogP contribution in [-0.4, -0.2) is 49.6 Å². The van der Waals surface area contributed by atoms with Crippen molar-refractivity contribution in [1.29, 1.82) is 0 Å². The maximum absolute atomic E-state index is 6.07. The van der Waals surface area contributed by atoms with Gasteiger partial charge in [-0.15, -0.1) is 0 Å². The number of hydrogen-bond acceptors (Lipinski definition) is 3. The zero-order valence-corrected chi connectivity index (χ0v) is 13.4. The van der Waals surface area contributed by atoms with E-state index in [1.165, 1.54) is 36.1 Å². The number of benzene rings is 1. The normalized spacial score (nSPS) is 21.6. The summed E-state index contributed by atoms with van der Waals surface area (Å²) in [5.41, 5.74) is 10.1. The van der Waals surface area contributed by atoms with Crippen LogP contribution >= 0.6 is 0 Å². The van der Waals surface area contributed by atoms with E-state index in [9.17, 15) is 0 Å². The van der Waals surface area contributed by atoms with Crippen molar-refractivity contribution in [3.8, 4) is 0 Å². The van der Waals surface area contributed by atoms with Gasteiger partial charge in [0.15, 0.2) is 0 Å². The molecule has 0 aromatic heterocycles. The zero-order chi connectivity index (χ0) is 14.7. The van der Waals surface area contributed by atoms with Gasteiger partial charge in [0.25, 0.3) is 0 Å². The molecule has 2 unspecified atom stereocenters. The lowest BCUT2D eigenvalue weighted by atomic mass is 9.98. The number of aryl methyl sites for hydroxylation is 2. The Kier molecular flexibility index (Phi) is 5.19. The van der Waals surface area contributed by atoms with Crippen molar-refractivity contribution in [1.82, 2.24) is 9.80 Å². The Bertz CT molecular complexity index is 444. The highest BCUT2D eigenvalue weighted by molar-refractivity contribution is 5.33. The maximum Gasteiger partial charge on any atom is 0.0470 e. The van der Waals surface area contributed by atoms with E-state index in [-0.39, 0.29) is 0 Å². The van der Waals surface area contributed by atoms with Crippen molar-refractivity contribution < 1.29 is 0 Å². The van der Waals surface area contributed by atoms with Crippen molar-refractivity contribution in [3.63, 3.8) is 0 Å². The highest BCUT2D eigenvalue weighted by Crippen LogP contribution is 2.25. The third kappa shape index (κ3) is 3.40. The van der Waals surface area contributed by atoms with Crippen LogP contribution in [-0.2, 0) is 0 Å². The average Bonchev–Trinajstić information content (AvgIpc) is 2.78. The molecule has 3 nitrogen and oxygen atoms in total. The molecule has 1 fully saturated rings. The summed E-state index contributed by atoms with van der Waals surface area (Å²) in [5.74, 6) is 0. The Labute approximate surface area is 123 Å². The Morgan fingerprint density at radius 3 is 2.70 bits per heavy atom. The van der Waals surface area contributed by atoms with Gasteiger partial charge in [0, 0.05) is 25.2 Å². The minimum Gasteiger partial charge on any atom is -0.329 e. The Morgan fingerprint density at radius 1 is 1.40 bits per heavy atom. The van der Waals surface area contributed by atoms with Crippen LogP contribution in [0.15, 0.2) is 18.2 Å². The highest BCUT2D eigenvalue weighted by atomic mass is 15.2. The Morgan fingerprint density at radius 2 is 2.15 bits per heavy atom. The largest absolute Gasteiger partial charge is 0.329 e. The van der Waals surface area contributed by atoms with E-state index >= 15 is 0 Å². The fourth-order valence-corrected chi connectivity index (χ4v) is 3.41. The van der Waals surface area contributed by atoms with Gasteiger partial charge < -0.3 is 10.6 Å². The molecule has 3 heteroatoms. The number of likely N-dealkylation sites (tertiary alicyclic amines) is 1. The van der Waals surface area contributed by atoms with Gasteiger partial charge in [-0.1, -0.05) is 23.8 Å².